The predicted molar refractivity (Wildman–Crippen MR) is 150 cm³/mol. The number of carbonyl (C=O) groups is 3. The maximum atomic E-state index is 13.9. The molecule has 10 heteroatoms. The van der Waals surface area contributed by atoms with E-state index in [1.807, 2.05) is 25.1 Å². The van der Waals surface area contributed by atoms with Gasteiger partial charge < -0.3 is 24.8 Å². The zero-order chi connectivity index (χ0) is 27.8. The van der Waals surface area contributed by atoms with Gasteiger partial charge in [-0.3, -0.25) is 19.3 Å². The van der Waals surface area contributed by atoms with Gasteiger partial charge in [0.15, 0.2) is 11.5 Å². The summed E-state index contributed by atoms with van der Waals surface area (Å²) in [4.78, 5) is 42.3. The quantitative estimate of drug-likeness (QED) is 0.375. The molecule has 39 heavy (non-hydrogen) atoms. The average Bonchev–Trinajstić information content (AvgIpc) is 3.68. The van der Waals surface area contributed by atoms with Crippen LogP contribution < -0.4 is 25.0 Å². The van der Waals surface area contributed by atoms with Gasteiger partial charge in [-0.25, -0.2) is 0 Å². The molecule has 1 aliphatic rings. The molecular weight excluding hydrogens is 518 g/mol. The molecule has 1 aromatic heterocycles. The van der Waals surface area contributed by atoms with E-state index in [9.17, 15) is 14.4 Å². The Labute approximate surface area is 232 Å². The molecule has 1 fully saturated rings. The molecule has 206 valence electrons. The topological polar surface area (TPSA) is 106 Å². The summed E-state index contributed by atoms with van der Waals surface area (Å²) in [5.74, 6) is -0.249. The van der Waals surface area contributed by atoms with E-state index in [0.717, 1.165) is 18.4 Å². The number of amides is 3. The van der Waals surface area contributed by atoms with E-state index >= 15 is 0 Å². The Bertz CT molecular complexity index is 1290. The summed E-state index contributed by atoms with van der Waals surface area (Å²) >= 11 is 1.29. The van der Waals surface area contributed by atoms with Crippen LogP contribution in [0.3, 0.4) is 0 Å². The fourth-order valence-electron chi connectivity index (χ4n) is 4.54. The number of nitrogens with zero attached hydrogens (tertiary/aromatic N) is 1. The number of aryl methyl sites for hydroxylation is 1. The lowest BCUT2D eigenvalue weighted by Gasteiger charge is -2.33. The van der Waals surface area contributed by atoms with Crippen LogP contribution in [0.4, 0.5) is 5.69 Å². The van der Waals surface area contributed by atoms with Gasteiger partial charge in [0.1, 0.15) is 6.04 Å². The van der Waals surface area contributed by atoms with E-state index < -0.39 is 11.9 Å². The first-order valence-electron chi connectivity index (χ1n) is 12.7. The van der Waals surface area contributed by atoms with Crippen LogP contribution in [0.2, 0.25) is 0 Å². The van der Waals surface area contributed by atoms with E-state index in [2.05, 4.69) is 10.6 Å². The largest absolute Gasteiger partial charge is 0.493 e. The van der Waals surface area contributed by atoms with Crippen LogP contribution in [-0.2, 0) is 14.3 Å². The Morgan fingerprint density at radius 1 is 1.05 bits per heavy atom. The first-order valence-corrected chi connectivity index (χ1v) is 13.6. The molecule has 0 saturated carbocycles. The predicted octanol–water partition coefficient (Wildman–Crippen LogP) is 3.87. The highest BCUT2D eigenvalue weighted by atomic mass is 32.1. The molecule has 1 aliphatic heterocycles. The monoisotopic (exact) mass is 551 g/mol. The Morgan fingerprint density at radius 3 is 2.51 bits per heavy atom. The summed E-state index contributed by atoms with van der Waals surface area (Å²) < 4.78 is 16.6. The molecule has 1 saturated heterocycles. The highest BCUT2D eigenvalue weighted by molar-refractivity contribution is 7.12. The molecule has 0 aliphatic carbocycles. The van der Waals surface area contributed by atoms with E-state index in [0.29, 0.717) is 40.8 Å². The maximum Gasteiger partial charge on any atom is 0.261 e. The SMILES string of the molecule is COc1ccc([C@@H](C(=O)NC[C@H]2CCCO2)N(C(=O)CNC(=O)c2cccs2)c2ccccc2C)cc1OC. The average molecular weight is 552 g/mol. The van der Waals surface area contributed by atoms with Crippen molar-refractivity contribution in [1.29, 1.82) is 0 Å². The van der Waals surface area contributed by atoms with E-state index in [4.69, 9.17) is 14.2 Å². The molecule has 0 spiro atoms. The zero-order valence-electron chi connectivity index (χ0n) is 22.3. The number of methoxy groups -OCH3 is 2. The lowest BCUT2D eigenvalue weighted by molar-refractivity contribution is -0.126. The number of ether oxygens (including phenoxy) is 3. The number of anilines is 1. The van der Waals surface area contributed by atoms with Gasteiger partial charge in [-0.05, 0) is 60.5 Å². The van der Waals surface area contributed by atoms with Crippen molar-refractivity contribution in [2.45, 2.75) is 31.9 Å². The number of nitrogens with one attached hydrogen (secondary N) is 2. The molecule has 2 heterocycles. The number of para-hydroxylation sites is 1. The van der Waals surface area contributed by atoms with Crippen molar-refractivity contribution in [3.63, 3.8) is 0 Å². The highest BCUT2D eigenvalue weighted by Crippen LogP contribution is 2.35. The van der Waals surface area contributed by atoms with Crippen LogP contribution in [0.1, 0.15) is 39.7 Å². The molecule has 2 atom stereocenters. The summed E-state index contributed by atoms with van der Waals surface area (Å²) in [5.41, 5.74) is 1.88. The molecule has 0 unspecified atom stereocenters. The Morgan fingerprint density at radius 2 is 1.85 bits per heavy atom. The van der Waals surface area contributed by atoms with Crippen molar-refractivity contribution < 1.29 is 28.6 Å². The fourth-order valence-corrected chi connectivity index (χ4v) is 5.18. The third-order valence-corrected chi connectivity index (χ3v) is 7.42. The van der Waals surface area contributed by atoms with Crippen molar-refractivity contribution in [1.82, 2.24) is 10.6 Å². The highest BCUT2D eigenvalue weighted by Gasteiger charge is 2.35. The number of rotatable bonds is 11. The number of benzene rings is 2. The summed E-state index contributed by atoms with van der Waals surface area (Å²) in [6, 6.07) is 14.9. The molecule has 9 nitrogen and oxygen atoms in total. The first kappa shape index (κ1) is 28.1. The number of hydrogen-bond acceptors (Lipinski definition) is 7. The first-order chi connectivity index (χ1) is 18.9. The Hall–Kier alpha value is -3.89. The maximum absolute atomic E-state index is 13.9. The fraction of sp³-hybridized carbons (Fsp3) is 0.345. The Balaban J connectivity index is 1.72. The standard InChI is InChI=1S/C29H33N3O6S/c1-19-8-4-5-10-22(19)32(26(33)18-31-28(34)25-11-7-15-39-25)27(29(35)30-17-21-9-6-14-38-21)20-12-13-23(36-2)24(16-20)37-3/h4-5,7-8,10-13,15-16,21,27H,6,9,14,17-18H2,1-3H3,(H,30,35)(H,31,34)/t21-,27+/m1/s1. The molecule has 3 aromatic rings. The minimum atomic E-state index is -1.06. The van der Waals surface area contributed by atoms with Gasteiger partial charge in [0.25, 0.3) is 5.91 Å². The zero-order valence-corrected chi connectivity index (χ0v) is 23.1. The number of carbonyl (C=O) groups excluding carboxylic acids is 3. The minimum absolute atomic E-state index is 0.0762. The third-order valence-electron chi connectivity index (χ3n) is 6.55. The number of hydrogen-bond donors (Lipinski definition) is 2. The van der Waals surface area contributed by atoms with Crippen LogP contribution in [0, 0.1) is 6.92 Å². The van der Waals surface area contributed by atoms with Crippen LogP contribution in [0.15, 0.2) is 60.0 Å². The summed E-state index contributed by atoms with van der Waals surface area (Å²) in [5, 5.41) is 7.48. The van der Waals surface area contributed by atoms with E-state index in [-0.39, 0.29) is 24.5 Å². The van der Waals surface area contributed by atoms with Crippen LogP contribution >= 0.6 is 11.3 Å². The van der Waals surface area contributed by atoms with Crippen LogP contribution in [-0.4, -0.2) is 57.7 Å². The summed E-state index contributed by atoms with van der Waals surface area (Å²) in [6.45, 7) is 2.56. The molecule has 4 rings (SSSR count). The molecule has 3 amide bonds. The third kappa shape index (κ3) is 6.76. The molecule has 2 N–H and O–H groups in total. The molecule has 0 radical (unpaired) electrons. The second-order valence-corrected chi connectivity index (χ2v) is 10.1. The van der Waals surface area contributed by atoms with E-state index in [1.165, 1.54) is 30.5 Å². The van der Waals surface area contributed by atoms with Crippen LogP contribution in [0.5, 0.6) is 11.5 Å². The lowest BCUT2D eigenvalue weighted by atomic mass is 10.0. The molecule has 0 bridgehead atoms. The normalized spacial score (nSPS) is 15.3. The van der Waals surface area contributed by atoms with Gasteiger partial charge in [0, 0.05) is 18.8 Å². The summed E-state index contributed by atoms with van der Waals surface area (Å²) in [7, 11) is 3.04. The second kappa shape index (κ2) is 13.3. The van der Waals surface area contributed by atoms with Gasteiger partial charge in [-0.2, -0.15) is 0 Å². The van der Waals surface area contributed by atoms with Crippen LogP contribution in [0.25, 0.3) is 0 Å². The molecular formula is C29H33N3O6S. The van der Waals surface area contributed by atoms with Crippen molar-refractivity contribution in [3.05, 3.63) is 76.0 Å². The van der Waals surface area contributed by atoms with Gasteiger partial charge in [0.05, 0.1) is 31.7 Å². The molecule has 2 aromatic carbocycles. The van der Waals surface area contributed by atoms with E-state index in [1.54, 1.807) is 41.8 Å². The van der Waals surface area contributed by atoms with Crippen molar-refractivity contribution in [3.8, 4) is 11.5 Å². The van der Waals surface area contributed by atoms with Crippen molar-refractivity contribution in [2.24, 2.45) is 0 Å². The van der Waals surface area contributed by atoms with Crippen molar-refractivity contribution >= 4 is 34.7 Å². The summed E-state index contributed by atoms with van der Waals surface area (Å²) in [6.07, 6.45) is 1.72. The lowest BCUT2D eigenvalue weighted by Crippen LogP contribution is -2.48. The smallest absolute Gasteiger partial charge is 0.261 e. The van der Waals surface area contributed by atoms with Gasteiger partial charge >= 0.3 is 0 Å². The Kier molecular flexibility index (Phi) is 9.56. The van der Waals surface area contributed by atoms with Gasteiger partial charge in [-0.1, -0.05) is 30.3 Å². The van der Waals surface area contributed by atoms with Crippen molar-refractivity contribution in [2.75, 3.05) is 38.8 Å². The van der Waals surface area contributed by atoms with Gasteiger partial charge in [0.2, 0.25) is 11.8 Å². The second-order valence-electron chi connectivity index (χ2n) is 9.11. The minimum Gasteiger partial charge on any atom is -0.493 e. The number of thiophene rings is 1. The van der Waals surface area contributed by atoms with Gasteiger partial charge in [-0.15, -0.1) is 11.3 Å².